The van der Waals surface area contributed by atoms with Crippen LogP contribution in [-0.2, 0) is 0 Å². The van der Waals surface area contributed by atoms with Gasteiger partial charge in [-0.1, -0.05) is 30.3 Å². The first-order valence-electron chi connectivity index (χ1n) is 5.24. The summed E-state index contributed by atoms with van der Waals surface area (Å²) in [6.07, 6.45) is 0. The van der Waals surface area contributed by atoms with E-state index in [1.807, 2.05) is 44.2 Å². The number of aryl methyl sites for hydroxylation is 1. The molecule has 0 aliphatic heterocycles. The fourth-order valence-electron chi connectivity index (χ4n) is 1.69. The topological polar surface area (TPSA) is 52.5 Å². The van der Waals surface area contributed by atoms with Crippen molar-refractivity contribution < 1.29 is 0 Å². The van der Waals surface area contributed by atoms with Crippen molar-refractivity contribution in [2.75, 3.05) is 0 Å². The lowest BCUT2D eigenvalue weighted by atomic mass is 10.1. The van der Waals surface area contributed by atoms with Crippen LogP contribution in [0.15, 0.2) is 30.3 Å². The van der Waals surface area contributed by atoms with Gasteiger partial charge < -0.3 is 4.98 Å². The molecule has 0 bridgehead atoms. The van der Waals surface area contributed by atoms with Gasteiger partial charge in [-0.15, -0.1) is 0 Å². The minimum absolute atomic E-state index is 0.148. The van der Waals surface area contributed by atoms with Crippen molar-refractivity contribution in [1.82, 2.24) is 9.97 Å². The molecule has 0 amide bonds. The van der Waals surface area contributed by atoms with Crippen LogP contribution in [0.5, 0.6) is 0 Å². The predicted octanol–water partition coefficient (Wildman–Crippen LogP) is 3.01. The fraction of sp³-hybridized carbons (Fsp3) is 0.231. The van der Waals surface area contributed by atoms with Crippen LogP contribution in [0.4, 0.5) is 0 Å². The Morgan fingerprint density at radius 1 is 1.31 bits per heavy atom. The molecule has 2 aromatic rings. The lowest BCUT2D eigenvalue weighted by molar-refractivity contribution is 0.921. The van der Waals surface area contributed by atoms with E-state index in [0.29, 0.717) is 0 Å². The van der Waals surface area contributed by atoms with E-state index in [1.165, 1.54) is 0 Å². The summed E-state index contributed by atoms with van der Waals surface area (Å²) in [4.78, 5) is 7.66. The Bertz CT molecular complexity index is 520. The molecular formula is C13H13N3. The Labute approximate surface area is 94.8 Å². The maximum atomic E-state index is 8.89. The third kappa shape index (κ3) is 1.82. The standard InChI is InChI=1S/C13H13N3/c1-9(8-14)12-10(2)15-13(16-12)11-6-4-3-5-7-11/h3-7,9H,1-2H3,(H,15,16). The van der Waals surface area contributed by atoms with E-state index in [4.69, 9.17) is 5.26 Å². The highest BCUT2D eigenvalue weighted by Crippen LogP contribution is 2.22. The summed E-state index contributed by atoms with van der Waals surface area (Å²) in [5.74, 6) is 0.681. The molecule has 3 nitrogen and oxygen atoms in total. The summed E-state index contributed by atoms with van der Waals surface area (Å²) in [5, 5.41) is 8.89. The lowest BCUT2D eigenvalue weighted by Gasteiger charge is -1.98. The Kier molecular flexibility index (Phi) is 2.74. The summed E-state index contributed by atoms with van der Waals surface area (Å²) >= 11 is 0. The first kappa shape index (κ1) is 10.4. The Morgan fingerprint density at radius 2 is 2.00 bits per heavy atom. The van der Waals surface area contributed by atoms with Crippen LogP contribution in [0, 0.1) is 18.3 Å². The number of aromatic amines is 1. The fourth-order valence-corrected chi connectivity index (χ4v) is 1.69. The largest absolute Gasteiger partial charge is 0.341 e. The van der Waals surface area contributed by atoms with Gasteiger partial charge in [-0.2, -0.15) is 5.26 Å². The van der Waals surface area contributed by atoms with Gasteiger partial charge in [0.15, 0.2) is 0 Å². The van der Waals surface area contributed by atoms with Crippen molar-refractivity contribution in [3.63, 3.8) is 0 Å². The number of nitriles is 1. The van der Waals surface area contributed by atoms with Gasteiger partial charge in [0, 0.05) is 5.56 Å². The maximum Gasteiger partial charge on any atom is 0.137 e. The molecule has 1 N–H and O–H groups in total. The van der Waals surface area contributed by atoms with Crippen molar-refractivity contribution >= 4 is 0 Å². The normalized spacial score (nSPS) is 12.1. The van der Waals surface area contributed by atoms with Gasteiger partial charge in [-0.3, -0.25) is 0 Å². The van der Waals surface area contributed by atoms with Gasteiger partial charge in [0.05, 0.1) is 23.4 Å². The third-order valence-corrected chi connectivity index (χ3v) is 2.60. The lowest BCUT2D eigenvalue weighted by Crippen LogP contribution is -1.92. The highest BCUT2D eigenvalue weighted by atomic mass is 14.9. The van der Waals surface area contributed by atoms with Crippen LogP contribution in [-0.4, -0.2) is 9.97 Å². The summed E-state index contributed by atoms with van der Waals surface area (Å²) in [6.45, 7) is 3.79. The molecular weight excluding hydrogens is 198 g/mol. The molecule has 2 rings (SSSR count). The molecule has 16 heavy (non-hydrogen) atoms. The number of hydrogen-bond acceptors (Lipinski definition) is 2. The van der Waals surface area contributed by atoms with Gasteiger partial charge in [0.1, 0.15) is 5.82 Å². The van der Waals surface area contributed by atoms with Crippen molar-refractivity contribution in [2.45, 2.75) is 19.8 Å². The van der Waals surface area contributed by atoms with E-state index in [1.54, 1.807) is 0 Å². The van der Waals surface area contributed by atoms with Crippen LogP contribution in [0.3, 0.4) is 0 Å². The molecule has 0 aliphatic rings. The second kappa shape index (κ2) is 4.19. The highest BCUT2D eigenvalue weighted by Gasteiger charge is 2.13. The van der Waals surface area contributed by atoms with Crippen LogP contribution in [0.1, 0.15) is 24.2 Å². The summed E-state index contributed by atoms with van der Waals surface area (Å²) < 4.78 is 0. The monoisotopic (exact) mass is 211 g/mol. The molecule has 3 heteroatoms. The minimum atomic E-state index is -0.148. The quantitative estimate of drug-likeness (QED) is 0.830. The minimum Gasteiger partial charge on any atom is -0.341 e. The van der Waals surface area contributed by atoms with Gasteiger partial charge in [0.2, 0.25) is 0 Å². The molecule has 0 saturated heterocycles. The molecule has 0 saturated carbocycles. The van der Waals surface area contributed by atoms with E-state index in [0.717, 1.165) is 22.8 Å². The van der Waals surface area contributed by atoms with Crippen LogP contribution in [0.25, 0.3) is 11.4 Å². The number of nitrogens with zero attached hydrogens (tertiary/aromatic N) is 2. The van der Waals surface area contributed by atoms with Crippen molar-refractivity contribution in [1.29, 1.82) is 5.26 Å². The molecule has 80 valence electrons. The Balaban J connectivity index is 2.43. The number of H-pyrrole nitrogens is 1. The molecule has 0 spiro atoms. The zero-order chi connectivity index (χ0) is 11.5. The number of imidazole rings is 1. The zero-order valence-corrected chi connectivity index (χ0v) is 9.36. The maximum absolute atomic E-state index is 8.89. The van der Waals surface area contributed by atoms with Crippen LogP contribution < -0.4 is 0 Å². The van der Waals surface area contributed by atoms with E-state index in [2.05, 4.69) is 16.0 Å². The smallest absolute Gasteiger partial charge is 0.137 e. The average molecular weight is 211 g/mol. The molecule has 1 aromatic heterocycles. The van der Waals surface area contributed by atoms with Gasteiger partial charge in [-0.05, 0) is 13.8 Å². The third-order valence-electron chi connectivity index (χ3n) is 2.60. The van der Waals surface area contributed by atoms with Gasteiger partial charge in [0.25, 0.3) is 0 Å². The van der Waals surface area contributed by atoms with Gasteiger partial charge >= 0.3 is 0 Å². The number of nitrogens with one attached hydrogen (secondary N) is 1. The van der Waals surface area contributed by atoms with Crippen molar-refractivity contribution in [3.8, 4) is 17.5 Å². The number of aromatic nitrogens is 2. The number of benzene rings is 1. The van der Waals surface area contributed by atoms with E-state index >= 15 is 0 Å². The first-order chi connectivity index (χ1) is 7.72. The first-order valence-corrected chi connectivity index (χ1v) is 5.24. The zero-order valence-electron chi connectivity index (χ0n) is 9.36. The predicted molar refractivity (Wildman–Crippen MR) is 62.8 cm³/mol. The molecule has 1 heterocycles. The molecule has 0 aliphatic carbocycles. The molecule has 0 fully saturated rings. The molecule has 1 atom stereocenters. The SMILES string of the molecule is Cc1nc(-c2ccccc2)[nH]c1C(C)C#N. The Morgan fingerprint density at radius 3 is 2.62 bits per heavy atom. The second-order valence-corrected chi connectivity index (χ2v) is 3.80. The van der Waals surface area contributed by atoms with Gasteiger partial charge in [-0.25, -0.2) is 4.98 Å². The number of hydrogen-bond donors (Lipinski definition) is 1. The van der Waals surface area contributed by atoms with Crippen LogP contribution >= 0.6 is 0 Å². The number of rotatable bonds is 2. The second-order valence-electron chi connectivity index (χ2n) is 3.80. The molecule has 0 radical (unpaired) electrons. The van der Waals surface area contributed by atoms with Crippen LogP contribution in [0.2, 0.25) is 0 Å². The highest BCUT2D eigenvalue weighted by molar-refractivity contribution is 5.55. The van der Waals surface area contributed by atoms with E-state index in [9.17, 15) is 0 Å². The van der Waals surface area contributed by atoms with Crippen molar-refractivity contribution in [2.24, 2.45) is 0 Å². The summed E-state index contributed by atoms with van der Waals surface area (Å²) in [5.41, 5.74) is 2.84. The molecule has 1 aromatic carbocycles. The van der Waals surface area contributed by atoms with E-state index in [-0.39, 0.29) is 5.92 Å². The summed E-state index contributed by atoms with van der Waals surface area (Å²) in [6, 6.07) is 12.1. The van der Waals surface area contributed by atoms with Crippen molar-refractivity contribution in [3.05, 3.63) is 41.7 Å². The van der Waals surface area contributed by atoms with E-state index < -0.39 is 0 Å². The summed E-state index contributed by atoms with van der Waals surface area (Å²) in [7, 11) is 0. The molecule has 1 unspecified atom stereocenters. The average Bonchev–Trinajstić information content (AvgIpc) is 2.71. The Hall–Kier alpha value is -2.08.